The molecule has 0 aromatic heterocycles. The number of halogens is 3. The molecule has 2 N–H and O–H groups in total. The van der Waals surface area contributed by atoms with E-state index in [9.17, 15) is 4.79 Å². The molecule has 0 aliphatic heterocycles. The van der Waals surface area contributed by atoms with Gasteiger partial charge in [0.1, 0.15) is 0 Å². The Kier molecular flexibility index (Phi) is 6.63. The lowest BCUT2D eigenvalue weighted by Crippen LogP contribution is -2.34. The van der Waals surface area contributed by atoms with E-state index in [0.29, 0.717) is 21.5 Å². The van der Waals surface area contributed by atoms with Crippen molar-refractivity contribution in [3.63, 3.8) is 0 Å². The van der Waals surface area contributed by atoms with Crippen LogP contribution in [-0.4, -0.2) is 11.0 Å². The van der Waals surface area contributed by atoms with Gasteiger partial charge in [-0.1, -0.05) is 53.0 Å². The molecule has 0 aliphatic rings. The molecule has 24 heavy (non-hydrogen) atoms. The van der Waals surface area contributed by atoms with Crippen molar-refractivity contribution in [1.82, 2.24) is 5.32 Å². The average molecular weight is 446 g/mol. The Hall–Kier alpha value is -1.14. The summed E-state index contributed by atoms with van der Waals surface area (Å²) in [6.45, 7) is 4.18. The van der Waals surface area contributed by atoms with Crippen molar-refractivity contribution in [2.45, 2.75) is 19.8 Å². The second-order valence-corrected chi connectivity index (χ2v) is 7.56. The third-order valence-corrected chi connectivity index (χ3v) is 4.73. The largest absolute Gasteiger partial charge is 0.332 e. The lowest BCUT2D eigenvalue weighted by atomic mass is 10.0. The lowest BCUT2D eigenvalue weighted by Gasteiger charge is -2.16. The van der Waals surface area contributed by atoms with E-state index in [4.69, 9.17) is 35.4 Å². The van der Waals surface area contributed by atoms with Gasteiger partial charge in [-0.3, -0.25) is 10.1 Å². The molecule has 0 bridgehead atoms. The molecule has 2 aromatic rings. The van der Waals surface area contributed by atoms with E-state index in [-0.39, 0.29) is 11.0 Å². The maximum Gasteiger partial charge on any atom is 0.257 e. The summed E-state index contributed by atoms with van der Waals surface area (Å²) >= 11 is 20.5. The van der Waals surface area contributed by atoms with Crippen molar-refractivity contribution in [3.05, 3.63) is 62.0 Å². The standard InChI is InChI=1S/C17H15BrCl2N2OS/c1-9(2)12-8-11(18)4-6-15(12)21-17(24)22-16(23)10-3-5-13(19)14(20)7-10/h3-9H,1-2H3,(H2,21,22,23,24). The number of carbonyl (C=O) groups excluding carboxylic acids is 1. The first-order chi connectivity index (χ1) is 11.3. The molecule has 126 valence electrons. The van der Waals surface area contributed by atoms with E-state index in [0.717, 1.165) is 15.7 Å². The Morgan fingerprint density at radius 3 is 2.46 bits per heavy atom. The monoisotopic (exact) mass is 444 g/mol. The summed E-state index contributed by atoms with van der Waals surface area (Å²) in [6.07, 6.45) is 0. The van der Waals surface area contributed by atoms with Gasteiger partial charge in [-0.25, -0.2) is 0 Å². The normalized spacial score (nSPS) is 10.6. The van der Waals surface area contributed by atoms with Gasteiger partial charge < -0.3 is 5.32 Å². The number of thiocarbonyl (C=S) groups is 1. The van der Waals surface area contributed by atoms with Crippen LogP contribution < -0.4 is 10.6 Å². The summed E-state index contributed by atoms with van der Waals surface area (Å²) in [5, 5.41) is 6.63. The highest BCUT2D eigenvalue weighted by Crippen LogP contribution is 2.27. The minimum atomic E-state index is -0.353. The van der Waals surface area contributed by atoms with Gasteiger partial charge in [0, 0.05) is 15.7 Å². The van der Waals surface area contributed by atoms with E-state index in [1.807, 2.05) is 18.2 Å². The molecule has 1 amide bonds. The summed E-state index contributed by atoms with van der Waals surface area (Å²) in [5.74, 6) is -0.0483. The van der Waals surface area contributed by atoms with E-state index in [1.54, 1.807) is 12.1 Å². The lowest BCUT2D eigenvalue weighted by molar-refractivity contribution is 0.0978. The summed E-state index contributed by atoms with van der Waals surface area (Å²) in [7, 11) is 0. The molecule has 0 fully saturated rings. The van der Waals surface area contributed by atoms with Crippen LogP contribution in [0.25, 0.3) is 0 Å². The third kappa shape index (κ3) is 4.93. The predicted molar refractivity (Wildman–Crippen MR) is 108 cm³/mol. The first-order valence-electron chi connectivity index (χ1n) is 7.14. The van der Waals surface area contributed by atoms with Crippen LogP contribution in [0.2, 0.25) is 10.0 Å². The summed E-state index contributed by atoms with van der Waals surface area (Å²) in [5.41, 5.74) is 2.33. The Morgan fingerprint density at radius 2 is 1.83 bits per heavy atom. The molecule has 0 saturated heterocycles. The zero-order chi connectivity index (χ0) is 17.9. The highest BCUT2D eigenvalue weighted by molar-refractivity contribution is 9.10. The summed E-state index contributed by atoms with van der Waals surface area (Å²) in [6, 6.07) is 10.5. The number of rotatable bonds is 3. The number of nitrogens with one attached hydrogen (secondary N) is 2. The minimum Gasteiger partial charge on any atom is -0.332 e. The van der Waals surface area contributed by atoms with Crippen molar-refractivity contribution < 1.29 is 4.79 Å². The quantitative estimate of drug-likeness (QED) is 0.568. The molecule has 0 radical (unpaired) electrons. The molecule has 0 heterocycles. The van der Waals surface area contributed by atoms with Crippen LogP contribution in [0.15, 0.2) is 40.9 Å². The van der Waals surface area contributed by atoms with Gasteiger partial charge in [0.2, 0.25) is 0 Å². The fourth-order valence-corrected chi connectivity index (χ4v) is 2.97. The van der Waals surface area contributed by atoms with Crippen LogP contribution in [0.1, 0.15) is 35.7 Å². The first-order valence-corrected chi connectivity index (χ1v) is 9.10. The van der Waals surface area contributed by atoms with Crippen molar-refractivity contribution in [2.24, 2.45) is 0 Å². The van der Waals surface area contributed by atoms with Gasteiger partial charge in [0.25, 0.3) is 5.91 Å². The zero-order valence-electron chi connectivity index (χ0n) is 13.0. The third-order valence-electron chi connectivity index (χ3n) is 3.29. The Balaban J connectivity index is 2.11. The zero-order valence-corrected chi connectivity index (χ0v) is 16.9. The van der Waals surface area contributed by atoms with Crippen molar-refractivity contribution in [2.75, 3.05) is 5.32 Å². The SMILES string of the molecule is CC(C)c1cc(Br)ccc1NC(=S)NC(=O)c1ccc(Cl)c(Cl)c1. The van der Waals surface area contributed by atoms with Gasteiger partial charge in [-0.05, 0) is 60.1 Å². The van der Waals surface area contributed by atoms with Crippen molar-refractivity contribution in [3.8, 4) is 0 Å². The first kappa shape index (κ1) is 19.2. The van der Waals surface area contributed by atoms with E-state index >= 15 is 0 Å². The topological polar surface area (TPSA) is 41.1 Å². The smallest absolute Gasteiger partial charge is 0.257 e. The number of hydrogen-bond donors (Lipinski definition) is 2. The van der Waals surface area contributed by atoms with Crippen LogP contribution in [0.4, 0.5) is 5.69 Å². The Morgan fingerprint density at radius 1 is 1.12 bits per heavy atom. The second-order valence-electron chi connectivity index (χ2n) is 5.42. The molecule has 0 aliphatic carbocycles. The molecule has 0 atom stereocenters. The number of carbonyl (C=O) groups is 1. The second kappa shape index (κ2) is 8.30. The van der Waals surface area contributed by atoms with E-state index in [1.165, 1.54) is 6.07 Å². The number of hydrogen-bond acceptors (Lipinski definition) is 2. The molecule has 0 saturated carbocycles. The number of amides is 1. The number of benzene rings is 2. The molecule has 2 rings (SSSR count). The van der Waals surface area contributed by atoms with Gasteiger partial charge >= 0.3 is 0 Å². The van der Waals surface area contributed by atoms with Crippen LogP contribution in [-0.2, 0) is 0 Å². The molecule has 2 aromatic carbocycles. The molecule has 0 spiro atoms. The fraction of sp³-hybridized carbons (Fsp3) is 0.176. The van der Waals surface area contributed by atoms with Crippen LogP contribution in [0, 0.1) is 0 Å². The van der Waals surface area contributed by atoms with Crippen molar-refractivity contribution >= 4 is 68.1 Å². The predicted octanol–water partition coefficient (Wildman–Crippen LogP) is 6.01. The molecular formula is C17H15BrCl2N2OS. The fourth-order valence-electron chi connectivity index (χ4n) is 2.09. The molecule has 3 nitrogen and oxygen atoms in total. The highest BCUT2D eigenvalue weighted by atomic mass is 79.9. The number of anilines is 1. The molecule has 0 unspecified atom stereocenters. The van der Waals surface area contributed by atoms with Gasteiger partial charge in [-0.2, -0.15) is 0 Å². The Labute approximate surface area is 164 Å². The van der Waals surface area contributed by atoms with Crippen LogP contribution in [0.3, 0.4) is 0 Å². The van der Waals surface area contributed by atoms with Gasteiger partial charge in [-0.15, -0.1) is 0 Å². The van der Waals surface area contributed by atoms with Crippen LogP contribution >= 0.6 is 51.3 Å². The maximum absolute atomic E-state index is 12.2. The molecular weight excluding hydrogens is 431 g/mol. The van der Waals surface area contributed by atoms with Crippen LogP contribution in [0.5, 0.6) is 0 Å². The molecule has 7 heteroatoms. The minimum absolute atomic E-state index is 0.218. The Bertz CT molecular complexity index is 796. The van der Waals surface area contributed by atoms with Gasteiger partial charge in [0.15, 0.2) is 5.11 Å². The van der Waals surface area contributed by atoms with Crippen molar-refractivity contribution in [1.29, 1.82) is 0 Å². The van der Waals surface area contributed by atoms with Gasteiger partial charge in [0.05, 0.1) is 10.0 Å². The summed E-state index contributed by atoms with van der Waals surface area (Å²) in [4.78, 5) is 12.2. The highest BCUT2D eigenvalue weighted by Gasteiger charge is 2.12. The summed E-state index contributed by atoms with van der Waals surface area (Å²) < 4.78 is 0.988. The van der Waals surface area contributed by atoms with E-state index in [2.05, 4.69) is 40.4 Å². The van der Waals surface area contributed by atoms with E-state index < -0.39 is 0 Å². The average Bonchev–Trinajstić information content (AvgIpc) is 2.51. The maximum atomic E-state index is 12.2.